The predicted octanol–water partition coefficient (Wildman–Crippen LogP) is 3.12. The molecule has 0 radical (unpaired) electrons. The van der Waals surface area contributed by atoms with Crippen LogP contribution >= 0.6 is 0 Å². The Labute approximate surface area is 170 Å². The Morgan fingerprint density at radius 1 is 1.21 bits per heavy atom. The van der Waals surface area contributed by atoms with Crippen LogP contribution in [0.25, 0.3) is 0 Å². The van der Waals surface area contributed by atoms with E-state index in [9.17, 15) is 9.90 Å². The predicted molar refractivity (Wildman–Crippen MR) is 109 cm³/mol. The fraction of sp³-hybridized carbons (Fsp3) is 0.318. The van der Waals surface area contributed by atoms with Gasteiger partial charge >= 0.3 is 5.97 Å². The first-order valence-corrected chi connectivity index (χ1v) is 9.50. The normalized spacial score (nSPS) is 18.3. The van der Waals surface area contributed by atoms with Crippen molar-refractivity contribution in [2.24, 2.45) is 0 Å². The molecule has 7 nitrogen and oxygen atoms in total. The van der Waals surface area contributed by atoms with Gasteiger partial charge in [0.1, 0.15) is 30.0 Å². The second kappa shape index (κ2) is 9.45. The van der Waals surface area contributed by atoms with Crippen LogP contribution < -0.4 is 20.3 Å². The zero-order valence-corrected chi connectivity index (χ0v) is 16.6. The van der Waals surface area contributed by atoms with Gasteiger partial charge in [0.15, 0.2) is 0 Å². The maximum atomic E-state index is 11.8. The van der Waals surface area contributed by atoms with E-state index in [2.05, 4.69) is 17.4 Å². The van der Waals surface area contributed by atoms with Gasteiger partial charge in [-0.05, 0) is 55.8 Å². The maximum absolute atomic E-state index is 11.8. The Morgan fingerprint density at radius 3 is 2.59 bits per heavy atom. The third kappa shape index (κ3) is 5.28. The molecular formula is C22H26N2O5. The molecule has 154 valence electrons. The lowest BCUT2D eigenvalue weighted by molar-refractivity contribution is 0.0526. The van der Waals surface area contributed by atoms with Crippen molar-refractivity contribution in [2.75, 3.05) is 19.8 Å². The quantitative estimate of drug-likeness (QED) is 0.465. The summed E-state index contributed by atoms with van der Waals surface area (Å²) in [7, 11) is 0. The van der Waals surface area contributed by atoms with Gasteiger partial charge in [-0.2, -0.15) is 0 Å². The third-order valence-electron chi connectivity index (χ3n) is 4.41. The van der Waals surface area contributed by atoms with Crippen molar-refractivity contribution in [2.45, 2.75) is 26.0 Å². The van der Waals surface area contributed by atoms with Crippen molar-refractivity contribution >= 4 is 5.97 Å². The monoisotopic (exact) mass is 398 g/mol. The van der Waals surface area contributed by atoms with E-state index in [0.717, 1.165) is 5.57 Å². The number of nitrogens with one attached hydrogen (secondary N) is 2. The van der Waals surface area contributed by atoms with Crippen molar-refractivity contribution < 1.29 is 24.1 Å². The summed E-state index contributed by atoms with van der Waals surface area (Å²) >= 11 is 0. The molecule has 2 unspecified atom stereocenters. The zero-order chi connectivity index (χ0) is 20.8. The molecule has 0 aromatic heterocycles. The number of benzene rings is 2. The summed E-state index contributed by atoms with van der Waals surface area (Å²) in [5.74, 6) is 0.961. The molecule has 29 heavy (non-hydrogen) atoms. The van der Waals surface area contributed by atoms with E-state index in [1.54, 1.807) is 37.3 Å². The Bertz CT molecular complexity index is 866. The number of hydrogen-bond acceptors (Lipinski definition) is 7. The van der Waals surface area contributed by atoms with Crippen molar-refractivity contribution in [3.63, 3.8) is 0 Å². The number of phenols is 1. The minimum atomic E-state index is -0.361. The number of rotatable bonds is 8. The van der Waals surface area contributed by atoms with Crippen molar-refractivity contribution in [3.05, 3.63) is 65.7 Å². The molecule has 1 saturated heterocycles. The molecule has 7 heteroatoms. The topological polar surface area (TPSA) is 89.0 Å². The fourth-order valence-electron chi connectivity index (χ4n) is 3.01. The van der Waals surface area contributed by atoms with Crippen LogP contribution in [-0.2, 0) is 4.74 Å². The number of carbonyl (C=O) groups is 1. The Hall–Kier alpha value is -3.03. The zero-order valence-electron chi connectivity index (χ0n) is 16.6. The molecule has 0 bridgehead atoms. The lowest BCUT2D eigenvalue weighted by atomic mass is 10.0. The van der Waals surface area contributed by atoms with Gasteiger partial charge in [0.05, 0.1) is 18.2 Å². The Morgan fingerprint density at radius 2 is 1.93 bits per heavy atom. The summed E-state index contributed by atoms with van der Waals surface area (Å²) in [6, 6.07) is 11.8. The first kappa shape index (κ1) is 20.7. The molecule has 2 aromatic rings. The van der Waals surface area contributed by atoms with Crippen LogP contribution in [0.5, 0.6) is 17.2 Å². The number of phenolic OH excluding ortho intramolecular Hbond substituents is 1. The molecular weight excluding hydrogens is 372 g/mol. The largest absolute Gasteiger partial charge is 0.507 e. The van der Waals surface area contributed by atoms with Crippen LogP contribution in [-0.4, -0.2) is 36.9 Å². The van der Waals surface area contributed by atoms with Crippen molar-refractivity contribution in [3.8, 4) is 17.2 Å². The average molecular weight is 398 g/mol. The molecule has 0 spiro atoms. The van der Waals surface area contributed by atoms with Gasteiger partial charge in [-0.3, -0.25) is 5.43 Å². The van der Waals surface area contributed by atoms with Crippen LogP contribution in [0.4, 0.5) is 0 Å². The lowest BCUT2D eigenvalue weighted by Gasteiger charge is -2.21. The molecule has 3 rings (SSSR count). The minimum Gasteiger partial charge on any atom is -0.507 e. The molecule has 0 aliphatic carbocycles. The van der Waals surface area contributed by atoms with Crippen LogP contribution in [0, 0.1) is 0 Å². The summed E-state index contributed by atoms with van der Waals surface area (Å²) in [6.45, 7) is 8.73. The van der Waals surface area contributed by atoms with Crippen LogP contribution in [0.2, 0.25) is 0 Å². The van der Waals surface area contributed by atoms with E-state index in [1.807, 2.05) is 19.1 Å². The Balaban J connectivity index is 1.68. The number of aromatic hydroxyl groups is 1. The average Bonchev–Trinajstić information content (AvgIpc) is 3.15. The first-order valence-electron chi connectivity index (χ1n) is 9.50. The number of carbonyl (C=O) groups excluding carboxylic acids is 1. The molecule has 0 amide bonds. The van der Waals surface area contributed by atoms with E-state index in [0.29, 0.717) is 42.4 Å². The molecule has 1 aliphatic rings. The fourth-order valence-corrected chi connectivity index (χ4v) is 3.01. The highest BCUT2D eigenvalue weighted by molar-refractivity contribution is 5.89. The van der Waals surface area contributed by atoms with E-state index in [-0.39, 0.29) is 23.9 Å². The molecule has 0 saturated carbocycles. The molecule has 2 atom stereocenters. The summed E-state index contributed by atoms with van der Waals surface area (Å²) in [5, 5.41) is 10.5. The van der Waals surface area contributed by atoms with Crippen molar-refractivity contribution in [1.82, 2.24) is 10.9 Å². The highest BCUT2D eigenvalue weighted by Gasteiger charge is 2.32. The third-order valence-corrected chi connectivity index (χ3v) is 4.41. The summed E-state index contributed by atoms with van der Waals surface area (Å²) < 4.78 is 16.6. The second-order valence-corrected chi connectivity index (χ2v) is 6.87. The van der Waals surface area contributed by atoms with Gasteiger partial charge in [-0.15, -0.1) is 0 Å². The van der Waals surface area contributed by atoms with Gasteiger partial charge in [0, 0.05) is 18.2 Å². The molecule has 3 N–H and O–H groups in total. The molecule has 1 heterocycles. The van der Waals surface area contributed by atoms with Gasteiger partial charge < -0.3 is 19.3 Å². The number of esters is 1. The minimum absolute atomic E-state index is 0.122. The van der Waals surface area contributed by atoms with E-state index < -0.39 is 0 Å². The number of hydrazine groups is 1. The van der Waals surface area contributed by atoms with Gasteiger partial charge in [-0.25, -0.2) is 10.2 Å². The number of hydrogen-bond donors (Lipinski definition) is 3. The van der Waals surface area contributed by atoms with E-state index in [4.69, 9.17) is 14.2 Å². The Kier molecular flexibility index (Phi) is 6.74. The smallest absolute Gasteiger partial charge is 0.338 e. The standard InChI is InChI=1S/C22H26N2O5/c1-4-27-22(26)15-5-7-16(8-6-15)29-20-12-23-24-21(20)18-10-9-17(11-19(18)25)28-13-14(2)3/h5-11,20-21,23-25H,2,4,12-13H2,1,3H3. The molecule has 2 aromatic carbocycles. The maximum Gasteiger partial charge on any atom is 0.338 e. The van der Waals surface area contributed by atoms with Gasteiger partial charge in [0.2, 0.25) is 0 Å². The number of ether oxygens (including phenoxy) is 3. The summed E-state index contributed by atoms with van der Waals surface area (Å²) in [4.78, 5) is 11.8. The first-order chi connectivity index (χ1) is 14.0. The van der Waals surface area contributed by atoms with Crippen LogP contribution in [0.3, 0.4) is 0 Å². The second-order valence-electron chi connectivity index (χ2n) is 6.87. The van der Waals surface area contributed by atoms with Crippen molar-refractivity contribution in [1.29, 1.82) is 0 Å². The van der Waals surface area contributed by atoms with E-state index in [1.165, 1.54) is 0 Å². The SMILES string of the molecule is C=C(C)COc1ccc(C2NNCC2Oc2ccc(C(=O)OCC)cc2)c(O)c1. The van der Waals surface area contributed by atoms with Crippen LogP contribution in [0.15, 0.2) is 54.6 Å². The van der Waals surface area contributed by atoms with Crippen LogP contribution in [0.1, 0.15) is 35.8 Å². The van der Waals surface area contributed by atoms with Gasteiger partial charge in [0.25, 0.3) is 0 Å². The lowest BCUT2D eigenvalue weighted by Crippen LogP contribution is -2.28. The highest BCUT2D eigenvalue weighted by atomic mass is 16.5. The van der Waals surface area contributed by atoms with Gasteiger partial charge in [-0.1, -0.05) is 6.58 Å². The highest BCUT2D eigenvalue weighted by Crippen LogP contribution is 2.33. The molecule has 1 fully saturated rings. The van der Waals surface area contributed by atoms with E-state index >= 15 is 0 Å². The summed E-state index contributed by atoms with van der Waals surface area (Å²) in [5.41, 5.74) is 8.28. The molecule has 1 aliphatic heterocycles. The summed E-state index contributed by atoms with van der Waals surface area (Å²) in [6.07, 6.45) is -0.253.